The lowest BCUT2D eigenvalue weighted by molar-refractivity contribution is 0.132. The molecule has 1 fully saturated rings. The first-order chi connectivity index (χ1) is 10.1. The van der Waals surface area contributed by atoms with Gasteiger partial charge < -0.3 is 15.0 Å². The molecule has 21 heavy (non-hydrogen) atoms. The first-order valence-electron chi connectivity index (χ1n) is 7.60. The van der Waals surface area contributed by atoms with E-state index in [0.29, 0.717) is 12.4 Å². The number of hydrogen-bond donors (Lipinski definition) is 1. The molecule has 1 unspecified atom stereocenters. The van der Waals surface area contributed by atoms with Crippen LogP contribution in [0.4, 0.5) is 4.39 Å². The Morgan fingerprint density at radius 1 is 1.29 bits per heavy atom. The number of ether oxygens (including phenoxy) is 1. The molecule has 0 amide bonds. The van der Waals surface area contributed by atoms with Crippen LogP contribution >= 0.6 is 0 Å². The van der Waals surface area contributed by atoms with Crippen molar-refractivity contribution in [1.82, 2.24) is 15.1 Å². The van der Waals surface area contributed by atoms with Crippen molar-refractivity contribution in [2.75, 3.05) is 53.4 Å². The lowest BCUT2D eigenvalue weighted by Crippen LogP contribution is -2.45. The second-order valence-electron chi connectivity index (χ2n) is 5.69. The normalized spacial score (nSPS) is 18.7. The number of nitrogens with zero attached hydrogens (tertiary/aromatic N) is 2. The van der Waals surface area contributed by atoms with E-state index in [4.69, 9.17) is 4.74 Å². The summed E-state index contributed by atoms with van der Waals surface area (Å²) < 4.78 is 19.6. The Morgan fingerprint density at radius 3 is 2.62 bits per heavy atom. The third kappa shape index (κ3) is 4.66. The zero-order chi connectivity index (χ0) is 15.2. The van der Waals surface area contributed by atoms with E-state index < -0.39 is 0 Å². The lowest BCUT2D eigenvalue weighted by Gasteiger charge is -2.32. The quantitative estimate of drug-likeness (QED) is 0.865. The summed E-state index contributed by atoms with van der Waals surface area (Å²) in [5, 5.41) is 3.10. The van der Waals surface area contributed by atoms with Gasteiger partial charge in [-0.05, 0) is 38.7 Å². The molecular weight excluding hydrogens is 269 g/mol. The minimum absolute atomic E-state index is 0.138. The first-order valence-corrected chi connectivity index (χ1v) is 7.60. The molecule has 0 radical (unpaired) electrons. The van der Waals surface area contributed by atoms with E-state index >= 15 is 0 Å². The van der Waals surface area contributed by atoms with Crippen LogP contribution in [0.25, 0.3) is 0 Å². The second-order valence-corrected chi connectivity index (χ2v) is 5.69. The van der Waals surface area contributed by atoms with Gasteiger partial charge in [0.05, 0.1) is 0 Å². The Labute approximate surface area is 126 Å². The summed E-state index contributed by atoms with van der Waals surface area (Å²) in [7, 11) is 4.00. The highest BCUT2D eigenvalue weighted by Crippen LogP contribution is 2.21. The third-order valence-electron chi connectivity index (χ3n) is 4.15. The smallest absolute Gasteiger partial charge is 0.165 e. The fourth-order valence-corrected chi connectivity index (χ4v) is 2.43. The molecule has 5 heteroatoms. The molecule has 2 rings (SSSR count). The highest BCUT2D eigenvalue weighted by molar-refractivity contribution is 5.30. The van der Waals surface area contributed by atoms with Crippen molar-refractivity contribution in [1.29, 1.82) is 0 Å². The average Bonchev–Trinajstić information content (AvgIpc) is 2.50. The van der Waals surface area contributed by atoms with Gasteiger partial charge in [0.2, 0.25) is 0 Å². The predicted octanol–water partition coefficient (Wildman–Crippen LogP) is 1.73. The summed E-state index contributed by atoms with van der Waals surface area (Å²) >= 11 is 0. The summed E-state index contributed by atoms with van der Waals surface area (Å²) in [6, 6.07) is 5.32. The van der Waals surface area contributed by atoms with Gasteiger partial charge in [0.1, 0.15) is 6.61 Å². The molecule has 1 N–H and O–H groups in total. The van der Waals surface area contributed by atoms with Crippen LogP contribution in [0.1, 0.15) is 18.5 Å². The second kappa shape index (κ2) is 7.73. The fraction of sp³-hybridized carbons (Fsp3) is 0.625. The molecule has 0 spiro atoms. The van der Waals surface area contributed by atoms with Crippen molar-refractivity contribution in [3.8, 4) is 5.75 Å². The van der Waals surface area contributed by atoms with E-state index in [0.717, 1.165) is 38.3 Å². The average molecular weight is 295 g/mol. The molecule has 1 aliphatic heterocycles. The molecule has 1 saturated heterocycles. The largest absolute Gasteiger partial charge is 0.489 e. The molecular formula is C16H26FN3O. The summed E-state index contributed by atoms with van der Waals surface area (Å²) in [4.78, 5) is 4.67. The Balaban J connectivity index is 1.80. The van der Waals surface area contributed by atoms with Crippen LogP contribution in [0.2, 0.25) is 0 Å². The maximum atomic E-state index is 14.0. The monoisotopic (exact) mass is 295 g/mol. The maximum Gasteiger partial charge on any atom is 0.165 e. The summed E-state index contributed by atoms with van der Waals surface area (Å²) in [6.07, 6.45) is 0. The number of halogens is 1. The van der Waals surface area contributed by atoms with Gasteiger partial charge in [0, 0.05) is 38.8 Å². The van der Waals surface area contributed by atoms with Crippen LogP contribution in [0.3, 0.4) is 0 Å². The van der Waals surface area contributed by atoms with Crippen molar-refractivity contribution >= 4 is 0 Å². The third-order valence-corrected chi connectivity index (χ3v) is 4.15. The van der Waals surface area contributed by atoms with Gasteiger partial charge >= 0.3 is 0 Å². The van der Waals surface area contributed by atoms with Gasteiger partial charge in [-0.25, -0.2) is 4.39 Å². The van der Waals surface area contributed by atoms with Gasteiger partial charge in [0.15, 0.2) is 11.6 Å². The van der Waals surface area contributed by atoms with E-state index in [2.05, 4.69) is 22.2 Å². The molecule has 0 aliphatic carbocycles. The van der Waals surface area contributed by atoms with E-state index in [-0.39, 0.29) is 11.9 Å². The molecule has 1 atom stereocenters. The van der Waals surface area contributed by atoms with Gasteiger partial charge in [-0.3, -0.25) is 4.90 Å². The number of hydrogen-bond acceptors (Lipinski definition) is 4. The minimum Gasteiger partial charge on any atom is -0.489 e. The minimum atomic E-state index is -0.284. The SMILES string of the molecule is CNC(C)c1ccc(OCCN2CCN(C)CC2)c(F)c1. The molecule has 4 nitrogen and oxygen atoms in total. The van der Waals surface area contributed by atoms with E-state index in [1.165, 1.54) is 0 Å². The van der Waals surface area contributed by atoms with E-state index in [1.807, 2.05) is 20.0 Å². The number of likely N-dealkylation sites (N-methyl/N-ethyl adjacent to an activating group) is 1. The first kappa shape index (κ1) is 16.2. The molecule has 1 aromatic rings. The van der Waals surface area contributed by atoms with Crippen molar-refractivity contribution < 1.29 is 9.13 Å². The summed E-state index contributed by atoms with van der Waals surface area (Å²) in [6.45, 7) is 7.67. The molecule has 0 bridgehead atoms. The molecule has 1 aromatic carbocycles. The van der Waals surface area contributed by atoms with Crippen molar-refractivity contribution in [3.63, 3.8) is 0 Å². The predicted molar refractivity (Wildman–Crippen MR) is 83.3 cm³/mol. The number of nitrogens with one attached hydrogen (secondary N) is 1. The van der Waals surface area contributed by atoms with Gasteiger partial charge in [-0.15, -0.1) is 0 Å². The highest BCUT2D eigenvalue weighted by atomic mass is 19.1. The van der Waals surface area contributed by atoms with Gasteiger partial charge in [0.25, 0.3) is 0 Å². The summed E-state index contributed by atoms with van der Waals surface area (Å²) in [5.74, 6) is 0.0594. The van der Waals surface area contributed by atoms with Crippen molar-refractivity contribution in [2.45, 2.75) is 13.0 Å². The van der Waals surface area contributed by atoms with Crippen LogP contribution in [0.5, 0.6) is 5.75 Å². The zero-order valence-electron chi connectivity index (χ0n) is 13.2. The molecule has 118 valence electrons. The van der Waals surface area contributed by atoms with Gasteiger partial charge in [-0.2, -0.15) is 0 Å². The molecule has 0 saturated carbocycles. The van der Waals surface area contributed by atoms with Crippen LogP contribution in [0.15, 0.2) is 18.2 Å². The summed E-state index contributed by atoms with van der Waals surface area (Å²) in [5.41, 5.74) is 0.932. The van der Waals surface area contributed by atoms with Crippen LogP contribution in [-0.2, 0) is 0 Å². The zero-order valence-corrected chi connectivity index (χ0v) is 13.2. The van der Waals surface area contributed by atoms with Crippen LogP contribution < -0.4 is 10.1 Å². The Hall–Kier alpha value is -1.17. The fourth-order valence-electron chi connectivity index (χ4n) is 2.43. The maximum absolute atomic E-state index is 14.0. The Kier molecular flexibility index (Phi) is 5.96. The number of benzene rings is 1. The molecule has 1 aliphatic rings. The number of piperazine rings is 1. The molecule has 0 aromatic heterocycles. The standard InChI is InChI=1S/C16H26FN3O/c1-13(18-2)14-4-5-16(15(17)12-14)21-11-10-20-8-6-19(3)7-9-20/h4-5,12-13,18H,6-11H2,1-3H3. The van der Waals surface area contributed by atoms with E-state index in [9.17, 15) is 4.39 Å². The topological polar surface area (TPSA) is 27.7 Å². The van der Waals surface area contributed by atoms with Crippen LogP contribution in [-0.4, -0.2) is 63.2 Å². The van der Waals surface area contributed by atoms with Crippen LogP contribution in [0, 0.1) is 5.82 Å². The molecule has 1 heterocycles. The van der Waals surface area contributed by atoms with E-state index in [1.54, 1.807) is 12.1 Å². The van der Waals surface area contributed by atoms with Gasteiger partial charge in [-0.1, -0.05) is 6.07 Å². The lowest BCUT2D eigenvalue weighted by atomic mass is 10.1. The number of rotatable bonds is 6. The Morgan fingerprint density at radius 2 is 2.00 bits per heavy atom. The highest BCUT2D eigenvalue weighted by Gasteiger charge is 2.14. The van der Waals surface area contributed by atoms with Crippen molar-refractivity contribution in [3.05, 3.63) is 29.6 Å². The van der Waals surface area contributed by atoms with Crippen molar-refractivity contribution in [2.24, 2.45) is 0 Å². The Bertz CT molecular complexity index is 447.